The second-order valence-corrected chi connectivity index (χ2v) is 4.53. The highest BCUT2D eigenvalue weighted by Gasteiger charge is 2.15. The fraction of sp³-hybridized carbons (Fsp3) is 0.357. The van der Waals surface area contributed by atoms with Gasteiger partial charge in [0.2, 0.25) is 0 Å². The van der Waals surface area contributed by atoms with E-state index in [4.69, 9.17) is 5.11 Å². The molecule has 0 amide bonds. The van der Waals surface area contributed by atoms with Gasteiger partial charge in [0.15, 0.2) is 0 Å². The van der Waals surface area contributed by atoms with Gasteiger partial charge in [-0.15, -0.1) is 0 Å². The number of carboxylic acids is 1. The predicted molar refractivity (Wildman–Crippen MR) is 74.9 cm³/mol. The highest BCUT2D eigenvalue weighted by atomic mass is 16.4. The summed E-state index contributed by atoms with van der Waals surface area (Å²) in [6.07, 6.45) is 2.71. The molecule has 2 aromatic rings. The molecule has 1 aromatic carbocycles. The zero-order chi connectivity index (χ0) is 13.7. The van der Waals surface area contributed by atoms with E-state index in [0.717, 1.165) is 23.0 Å². The first kappa shape index (κ1) is 13.6. The van der Waals surface area contributed by atoms with Gasteiger partial charge in [0.05, 0.1) is 6.42 Å². The summed E-state index contributed by atoms with van der Waals surface area (Å²) >= 11 is 0. The van der Waals surface area contributed by atoms with Gasteiger partial charge >= 0.3 is 5.97 Å². The van der Waals surface area contributed by atoms with Crippen LogP contribution < -0.4 is 10.9 Å². The lowest BCUT2D eigenvalue weighted by Gasteiger charge is -2.16. The van der Waals surface area contributed by atoms with Gasteiger partial charge in [-0.25, -0.2) is 0 Å². The number of benzene rings is 1. The molecule has 0 fully saturated rings. The third-order valence-corrected chi connectivity index (χ3v) is 3.05. The molecule has 5 heteroatoms. The highest BCUT2D eigenvalue weighted by molar-refractivity contribution is 5.83. The van der Waals surface area contributed by atoms with E-state index >= 15 is 0 Å². The minimum absolute atomic E-state index is 0.0898. The lowest BCUT2D eigenvalue weighted by atomic mass is 10.0. The summed E-state index contributed by atoms with van der Waals surface area (Å²) in [5, 5.41) is 10.1. The molecule has 0 bridgehead atoms. The molecule has 5 nitrogen and oxygen atoms in total. The van der Waals surface area contributed by atoms with E-state index in [0.29, 0.717) is 6.42 Å². The Morgan fingerprint density at radius 1 is 1.42 bits per heavy atom. The van der Waals surface area contributed by atoms with Gasteiger partial charge in [0, 0.05) is 29.7 Å². The normalized spacial score (nSPS) is 12.7. The SMILES string of the molecule is CCNN[C@H](CC(=O)O)Cc1c[nH]c2ccccc12. The van der Waals surface area contributed by atoms with E-state index in [1.807, 2.05) is 37.4 Å². The number of fused-ring (bicyclic) bond motifs is 1. The maximum atomic E-state index is 10.9. The summed E-state index contributed by atoms with van der Waals surface area (Å²) in [6, 6.07) is 7.91. The van der Waals surface area contributed by atoms with Crippen LogP contribution in [0.1, 0.15) is 18.9 Å². The number of aromatic amines is 1. The van der Waals surface area contributed by atoms with Crippen LogP contribution in [-0.4, -0.2) is 28.6 Å². The average molecular weight is 261 g/mol. The van der Waals surface area contributed by atoms with E-state index in [1.54, 1.807) is 0 Å². The fourth-order valence-corrected chi connectivity index (χ4v) is 2.20. The van der Waals surface area contributed by atoms with Gasteiger partial charge in [-0.3, -0.25) is 15.6 Å². The number of hydrogen-bond donors (Lipinski definition) is 4. The maximum Gasteiger partial charge on any atom is 0.304 e. The minimum Gasteiger partial charge on any atom is -0.481 e. The largest absolute Gasteiger partial charge is 0.481 e. The Labute approximate surface area is 112 Å². The average Bonchev–Trinajstić information content (AvgIpc) is 2.79. The van der Waals surface area contributed by atoms with Crippen molar-refractivity contribution in [1.82, 2.24) is 15.8 Å². The second kappa shape index (κ2) is 6.36. The fourth-order valence-electron chi connectivity index (χ4n) is 2.20. The van der Waals surface area contributed by atoms with Crippen molar-refractivity contribution in [2.45, 2.75) is 25.8 Å². The Balaban J connectivity index is 2.13. The molecular weight excluding hydrogens is 242 g/mol. The van der Waals surface area contributed by atoms with Gasteiger partial charge in [0.25, 0.3) is 0 Å². The van der Waals surface area contributed by atoms with Crippen LogP contribution in [0.15, 0.2) is 30.5 Å². The maximum absolute atomic E-state index is 10.9. The third-order valence-electron chi connectivity index (χ3n) is 3.05. The lowest BCUT2D eigenvalue weighted by molar-refractivity contribution is -0.137. The number of aliphatic carboxylic acids is 1. The molecule has 0 saturated carbocycles. The summed E-state index contributed by atoms with van der Waals surface area (Å²) in [5.41, 5.74) is 8.26. The van der Waals surface area contributed by atoms with Crippen molar-refractivity contribution in [3.8, 4) is 0 Å². The molecule has 102 valence electrons. The number of aromatic nitrogens is 1. The van der Waals surface area contributed by atoms with Gasteiger partial charge in [-0.05, 0) is 18.1 Å². The van der Waals surface area contributed by atoms with Crippen molar-refractivity contribution >= 4 is 16.9 Å². The monoisotopic (exact) mass is 261 g/mol. The number of hydrogen-bond acceptors (Lipinski definition) is 3. The first-order valence-electron chi connectivity index (χ1n) is 6.46. The molecule has 4 N–H and O–H groups in total. The molecule has 19 heavy (non-hydrogen) atoms. The number of nitrogens with one attached hydrogen (secondary N) is 3. The first-order chi connectivity index (χ1) is 9.20. The van der Waals surface area contributed by atoms with Crippen molar-refractivity contribution in [2.24, 2.45) is 0 Å². The Morgan fingerprint density at radius 2 is 2.21 bits per heavy atom. The van der Waals surface area contributed by atoms with Crippen LogP contribution in [0.25, 0.3) is 10.9 Å². The van der Waals surface area contributed by atoms with Gasteiger partial charge in [-0.1, -0.05) is 25.1 Å². The van der Waals surface area contributed by atoms with Crippen molar-refractivity contribution in [2.75, 3.05) is 6.54 Å². The van der Waals surface area contributed by atoms with E-state index in [1.165, 1.54) is 0 Å². The quantitative estimate of drug-likeness (QED) is 0.572. The van der Waals surface area contributed by atoms with Crippen LogP contribution in [0, 0.1) is 0 Å². The summed E-state index contributed by atoms with van der Waals surface area (Å²) in [5.74, 6) is -0.796. The third kappa shape index (κ3) is 3.56. The lowest BCUT2D eigenvalue weighted by Crippen LogP contribution is -2.43. The van der Waals surface area contributed by atoms with Crippen molar-refractivity contribution in [1.29, 1.82) is 0 Å². The number of carboxylic acid groups (broad SMARTS) is 1. The smallest absolute Gasteiger partial charge is 0.304 e. The molecule has 0 radical (unpaired) electrons. The van der Waals surface area contributed by atoms with Gasteiger partial charge < -0.3 is 10.1 Å². The van der Waals surface area contributed by atoms with Crippen LogP contribution in [0.5, 0.6) is 0 Å². The number of para-hydroxylation sites is 1. The van der Waals surface area contributed by atoms with Crippen molar-refractivity contribution < 1.29 is 9.90 Å². The Kier molecular flexibility index (Phi) is 4.54. The summed E-state index contributed by atoms with van der Waals surface area (Å²) < 4.78 is 0. The molecule has 0 unspecified atom stereocenters. The Bertz CT molecular complexity index is 550. The molecule has 0 aliphatic rings. The van der Waals surface area contributed by atoms with Crippen LogP contribution in [0.4, 0.5) is 0 Å². The van der Waals surface area contributed by atoms with Crippen LogP contribution in [-0.2, 0) is 11.2 Å². The van der Waals surface area contributed by atoms with Crippen LogP contribution in [0.2, 0.25) is 0 Å². The Morgan fingerprint density at radius 3 is 2.95 bits per heavy atom. The van der Waals surface area contributed by atoms with Gasteiger partial charge in [-0.2, -0.15) is 0 Å². The summed E-state index contributed by atoms with van der Waals surface area (Å²) in [7, 11) is 0. The van der Waals surface area contributed by atoms with Gasteiger partial charge in [0.1, 0.15) is 0 Å². The summed E-state index contributed by atoms with van der Waals surface area (Å²) in [4.78, 5) is 14.1. The predicted octanol–water partition coefficient (Wildman–Crippen LogP) is 1.67. The van der Waals surface area contributed by atoms with E-state index in [-0.39, 0.29) is 12.5 Å². The van der Waals surface area contributed by atoms with Crippen LogP contribution >= 0.6 is 0 Å². The highest BCUT2D eigenvalue weighted by Crippen LogP contribution is 2.19. The molecule has 2 rings (SSSR count). The minimum atomic E-state index is -0.796. The zero-order valence-electron chi connectivity index (χ0n) is 10.9. The molecule has 0 aliphatic heterocycles. The topological polar surface area (TPSA) is 77.2 Å². The Hall–Kier alpha value is -1.85. The molecular formula is C14H19N3O2. The zero-order valence-corrected chi connectivity index (χ0v) is 10.9. The van der Waals surface area contributed by atoms with E-state index in [9.17, 15) is 4.79 Å². The molecule has 1 heterocycles. The van der Waals surface area contributed by atoms with E-state index in [2.05, 4.69) is 15.8 Å². The number of rotatable bonds is 7. The number of hydrazine groups is 1. The number of carbonyl (C=O) groups is 1. The second-order valence-electron chi connectivity index (χ2n) is 4.53. The number of H-pyrrole nitrogens is 1. The summed E-state index contributed by atoms with van der Waals surface area (Å²) in [6.45, 7) is 2.72. The van der Waals surface area contributed by atoms with E-state index < -0.39 is 5.97 Å². The molecule has 0 spiro atoms. The molecule has 1 atom stereocenters. The molecule has 0 aliphatic carbocycles. The van der Waals surface area contributed by atoms with Crippen molar-refractivity contribution in [3.63, 3.8) is 0 Å². The van der Waals surface area contributed by atoms with Crippen molar-refractivity contribution in [3.05, 3.63) is 36.0 Å². The first-order valence-corrected chi connectivity index (χ1v) is 6.46. The van der Waals surface area contributed by atoms with Crippen LogP contribution in [0.3, 0.4) is 0 Å². The molecule has 1 aromatic heterocycles. The standard InChI is InChI=1S/C14H19N3O2/c1-2-16-17-11(8-14(18)19)7-10-9-15-13-6-4-3-5-12(10)13/h3-6,9,11,15-17H,2,7-8H2,1H3,(H,18,19)/t11-/m0/s1. The molecule has 0 saturated heterocycles.